The average Bonchev–Trinajstić information content (AvgIpc) is 2.56. The summed E-state index contributed by atoms with van der Waals surface area (Å²) in [5.74, 6) is -0.841. The zero-order valence-corrected chi connectivity index (χ0v) is 13.7. The molecule has 0 aliphatic rings. The predicted molar refractivity (Wildman–Crippen MR) is 79.6 cm³/mol. The number of esters is 2. The Morgan fingerprint density at radius 1 is 1.00 bits per heavy atom. The molecule has 0 unspecified atom stereocenters. The molecule has 0 aliphatic heterocycles. The Morgan fingerprint density at radius 3 is 2.14 bits per heavy atom. The Morgan fingerprint density at radius 2 is 1.59 bits per heavy atom. The van der Waals surface area contributed by atoms with Crippen LogP contribution in [0, 0.1) is 0 Å². The van der Waals surface area contributed by atoms with Crippen LogP contribution < -0.4 is 9.47 Å². The number of rotatable bonds is 8. The Bertz CT molecular complexity index is 556. The number of carbonyl (C=O) groups is 3. The largest absolute Gasteiger partial charge is 0.482 e. The third-order valence-corrected chi connectivity index (χ3v) is 3.04. The highest BCUT2D eigenvalue weighted by atomic mass is 79.9. The van der Waals surface area contributed by atoms with Gasteiger partial charge in [-0.2, -0.15) is 0 Å². The van der Waals surface area contributed by atoms with E-state index in [1.807, 2.05) is 0 Å². The zero-order valence-electron chi connectivity index (χ0n) is 12.1. The SMILES string of the molecule is COC(=O)COc1ccc(OCC(=O)OC)c(C(=O)CBr)c1. The molecule has 0 atom stereocenters. The van der Waals surface area contributed by atoms with Gasteiger partial charge in [-0.15, -0.1) is 0 Å². The molecule has 7 nitrogen and oxygen atoms in total. The third-order valence-electron chi connectivity index (χ3n) is 2.53. The van der Waals surface area contributed by atoms with Crippen LogP contribution in [0.2, 0.25) is 0 Å². The molecule has 0 bridgehead atoms. The lowest BCUT2D eigenvalue weighted by molar-refractivity contribution is -0.143. The summed E-state index contributed by atoms with van der Waals surface area (Å²) in [5.41, 5.74) is 0.225. The van der Waals surface area contributed by atoms with Gasteiger partial charge in [-0.1, -0.05) is 15.9 Å². The second kappa shape index (κ2) is 9.04. The highest BCUT2D eigenvalue weighted by Crippen LogP contribution is 2.25. The van der Waals surface area contributed by atoms with Crippen molar-refractivity contribution in [3.63, 3.8) is 0 Å². The predicted octanol–water partition coefficient (Wildman–Crippen LogP) is 1.37. The standard InChI is InChI=1S/C14H15BrO7/c1-19-13(17)7-21-9-3-4-12(22-8-14(18)20-2)10(5-9)11(16)6-15/h3-5H,6-8H2,1-2H3. The quantitative estimate of drug-likeness (QED) is 0.385. The molecule has 120 valence electrons. The number of halogens is 1. The lowest BCUT2D eigenvalue weighted by atomic mass is 10.1. The number of carbonyl (C=O) groups excluding carboxylic acids is 3. The van der Waals surface area contributed by atoms with Crippen LogP contribution in [0.4, 0.5) is 0 Å². The van der Waals surface area contributed by atoms with Gasteiger partial charge in [0.15, 0.2) is 19.0 Å². The highest BCUT2D eigenvalue weighted by Gasteiger charge is 2.15. The molecule has 0 aromatic heterocycles. The number of ketones is 1. The van der Waals surface area contributed by atoms with Crippen LogP contribution in [-0.4, -0.2) is 50.5 Å². The van der Waals surface area contributed by atoms with Gasteiger partial charge in [-0.25, -0.2) is 9.59 Å². The van der Waals surface area contributed by atoms with Crippen molar-refractivity contribution in [2.45, 2.75) is 0 Å². The Labute approximate surface area is 135 Å². The van der Waals surface area contributed by atoms with Crippen LogP contribution in [0.5, 0.6) is 11.5 Å². The number of hydrogen-bond acceptors (Lipinski definition) is 7. The highest BCUT2D eigenvalue weighted by molar-refractivity contribution is 9.09. The smallest absolute Gasteiger partial charge is 0.343 e. The van der Waals surface area contributed by atoms with Gasteiger partial charge in [0.1, 0.15) is 11.5 Å². The first-order chi connectivity index (χ1) is 10.5. The first-order valence-corrected chi connectivity index (χ1v) is 7.26. The maximum Gasteiger partial charge on any atom is 0.343 e. The fraction of sp³-hybridized carbons (Fsp3) is 0.357. The Balaban J connectivity index is 2.90. The van der Waals surface area contributed by atoms with Crippen molar-refractivity contribution < 1.29 is 33.3 Å². The van der Waals surface area contributed by atoms with E-state index in [0.29, 0.717) is 5.75 Å². The van der Waals surface area contributed by atoms with Crippen molar-refractivity contribution in [1.29, 1.82) is 0 Å². The van der Waals surface area contributed by atoms with Gasteiger partial charge in [-0.05, 0) is 18.2 Å². The van der Waals surface area contributed by atoms with Crippen molar-refractivity contribution in [2.24, 2.45) is 0 Å². The second-order valence-corrected chi connectivity index (χ2v) is 4.51. The summed E-state index contributed by atoms with van der Waals surface area (Å²) in [6.07, 6.45) is 0. The number of ether oxygens (including phenoxy) is 4. The first kappa shape index (κ1) is 18.0. The number of Topliss-reactive ketones (excluding diaryl/α,β-unsaturated/α-hetero) is 1. The molecule has 22 heavy (non-hydrogen) atoms. The summed E-state index contributed by atoms with van der Waals surface area (Å²) < 4.78 is 19.4. The van der Waals surface area contributed by atoms with Crippen LogP contribution in [0.15, 0.2) is 18.2 Å². The van der Waals surface area contributed by atoms with Crippen molar-refractivity contribution >= 4 is 33.7 Å². The van der Waals surface area contributed by atoms with E-state index in [2.05, 4.69) is 25.4 Å². The molecule has 1 aromatic carbocycles. The fourth-order valence-electron chi connectivity index (χ4n) is 1.41. The fourth-order valence-corrected chi connectivity index (χ4v) is 1.71. The monoisotopic (exact) mass is 374 g/mol. The van der Waals surface area contributed by atoms with Gasteiger partial charge < -0.3 is 18.9 Å². The van der Waals surface area contributed by atoms with E-state index in [0.717, 1.165) is 0 Å². The minimum atomic E-state index is -0.566. The van der Waals surface area contributed by atoms with Crippen LogP contribution in [0.3, 0.4) is 0 Å². The molecular weight excluding hydrogens is 360 g/mol. The van der Waals surface area contributed by atoms with Crippen molar-refractivity contribution in [3.8, 4) is 11.5 Å². The molecule has 0 saturated heterocycles. The number of alkyl halides is 1. The summed E-state index contributed by atoms with van der Waals surface area (Å²) in [4.78, 5) is 34.0. The van der Waals surface area contributed by atoms with Crippen molar-refractivity contribution in [2.75, 3.05) is 32.8 Å². The summed E-state index contributed by atoms with van der Waals surface area (Å²) in [6.45, 7) is -0.595. The van der Waals surface area contributed by atoms with Crippen molar-refractivity contribution in [3.05, 3.63) is 23.8 Å². The second-order valence-electron chi connectivity index (χ2n) is 3.94. The summed E-state index contributed by atoms with van der Waals surface area (Å²) in [7, 11) is 2.48. The molecule has 8 heteroatoms. The molecule has 0 fully saturated rings. The molecule has 1 rings (SSSR count). The van der Waals surface area contributed by atoms with E-state index in [9.17, 15) is 14.4 Å². The molecule has 0 heterocycles. The number of methoxy groups -OCH3 is 2. The molecule has 0 spiro atoms. The van der Waals surface area contributed by atoms with Crippen molar-refractivity contribution in [1.82, 2.24) is 0 Å². The van der Waals surface area contributed by atoms with Gasteiger partial charge in [-0.3, -0.25) is 4.79 Å². The van der Waals surface area contributed by atoms with Gasteiger partial charge in [0.25, 0.3) is 0 Å². The summed E-state index contributed by atoms with van der Waals surface area (Å²) in [6, 6.07) is 4.42. The Hall–Kier alpha value is -2.09. The van der Waals surface area contributed by atoms with Crippen LogP contribution in [0.25, 0.3) is 0 Å². The lowest BCUT2D eigenvalue weighted by Crippen LogP contribution is -2.15. The Kier molecular flexibility index (Phi) is 7.38. The van der Waals surface area contributed by atoms with Gasteiger partial charge in [0, 0.05) is 0 Å². The minimum absolute atomic E-state index is 0.0715. The molecule has 0 radical (unpaired) electrons. The average molecular weight is 375 g/mol. The van der Waals surface area contributed by atoms with Crippen LogP contribution in [-0.2, 0) is 19.1 Å². The molecular formula is C14H15BrO7. The summed E-state index contributed by atoms with van der Waals surface area (Å²) in [5, 5.41) is 0.0715. The van der Waals surface area contributed by atoms with E-state index in [4.69, 9.17) is 9.47 Å². The normalized spacial score (nSPS) is 9.77. The van der Waals surface area contributed by atoms with E-state index in [1.165, 1.54) is 32.4 Å². The van der Waals surface area contributed by atoms with Gasteiger partial charge >= 0.3 is 11.9 Å². The van der Waals surface area contributed by atoms with Gasteiger partial charge in [0.2, 0.25) is 0 Å². The maximum absolute atomic E-state index is 11.9. The third kappa shape index (κ3) is 5.36. The van der Waals surface area contributed by atoms with E-state index < -0.39 is 11.9 Å². The minimum Gasteiger partial charge on any atom is -0.482 e. The van der Waals surface area contributed by atoms with E-state index in [1.54, 1.807) is 0 Å². The molecule has 0 N–H and O–H groups in total. The summed E-state index contributed by atoms with van der Waals surface area (Å²) >= 11 is 3.07. The first-order valence-electron chi connectivity index (χ1n) is 6.14. The van der Waals surface area contributed by atoms with E-state index in [-0.39, 0.29) is 35.6 Å². The molecule has 0 amide bonds. The topological polar surface area (TPSA) is 88.1 Å². The van der Waals surface area contributed by atoms with Crippen LogP contribution in [0.1, 0.15) is 10.4 Å². The molecule has 1 aromatic rings. The maximum atomic E-state index is 11.9. The number of hydrogen-bond donors (Lipinski definition) is 0. The number of benzene rings is 1. The van der Waals surface area contributed by atoms with Crippen LogP contribution >= 0.6 is 15.9 Å². The molecule has 0 aliphatic carbocycles. The lowest BCUT2D eigenvalue weighted by Gasteiger charge is -2.11. The van der Waals surface area contributed by atoms with E-state index >= 15 is 0 Å². The molecule has 0 saturated carbocycles. The van der Waals surface area contributed by atoms with Gasteiger partial charge in [0.05, 0.1) is 25.1 Å². The zero-order chi connectivity index (χ0) is 16.5.